The molecule has 1 fully saturated rings. The van der Waals surface area contributed by atoms with E-state index < -0.39 is 6.10 Å². The zero-order valence-corrected chi connectivity index (χ0v) is 11.3. The quantitative estimate of drug-likeness (QED) is 0.856. The van der Waals surface area contributed by atoms with Gasteiger partial charge in [0.2, 0.25) is 0 Å². The Labute approximate surface area is 107 Å². The molecular weight excluding hydrogens is 230 g/mol. The van der Waals surface area contributed by atoms with Gasteiger partial charge in [0.05, 0.1) is 23.4 Å². The second-order valence-corrected chi connectivity index (χ2v) is 5.14. The fourth-order valence-corrected chi connectivity index (χ4v) is 2.69. The normalized spacial score (nSPS) is 24.0. The molecule has 0 aromatic carbocycles. The number of aryl methyl sites for hydroxylation is 2. The van der Waals surface area contributed by atoms with Gasteiger partial charge < -0.3 is 10.0 Å². The van der Waals surface area contributed by atoms with Gasteiger partial charge in [0, 0.05) is 20.3 Å². The average Bonchev–Trinajstić information content (AvgIpc) is 2.67. The molecule has 2 rings (SSSR count). The van der Waals surface area contributed by atoms with E-state index in [1.54, 1.807) is 29.9 Å². The fraction of sp³-hybridized carbons (Fsp3) is 0.692. The summed E-state index contributed by atoms with van der Waals surface area (Å²) < 4.78 is 1.65. The average molecular weight is 251 g/mol. The van der Waals surface area contributed by atoms with E-state index in [9.17, 15) is 9.90 Å². The molecular formula is C13H21N3O2. The number of amides is 1. The Morgan fingerprint density at radius 2 is 2.17 bits per heavy atom. The maximum absolute atomic E-state index is 12.4. The molecule has 18 heavy (non-hydrogen) atoms. The minimum absolute atomic E-state index is 0.0495. The monoisotopic (exact) mass is 251 g/mol. The van der Waals surface area contributed by atoms with Crippen LogP contribution >= 0.6 is 0 Å². The van der Waals surface area contributed by atoms with Gasteiger partial charge in [0.15, 0.2) is 0 Å². The summed E-state index contributed by atoms with van der Waals surface area (Å²) in [7, 11) is 3.58. The summed E-state index contributed by atoms with van der Waals surface area (Å²) in [5.74, 6) is -0.0495. The summed E-state index contributed by atoms with van der Waals surface area (Å²) in [5, 5.41) is 14.2. The van der Waals surface area contributed by atoms with E-state index >= 15 is 0 Å². The maximum atomic E-state index is 12.4. The van der Waals surface area contributed by atoms with Gasteiger partial charge in [-0.15, -0.1) is 0 Å². The van der Waals surface area contributed by atoms with Crippen LogP contribution in [0.2, 0.25) is 0 Å². The zero-order chi connectivity index (χ0) is 13.3. The SMILES string of the molecule is Cc1nn(C)cc1C(=O)N(C)C1CCCCC1O. The number of hydrogen-bond donors (Lipinski definition) is 1. The highest BCUT2D eigenvalue weighted by atomic mass is 16.3. The molecule has 1 heterocycles. The first-order valence-electron chi connectivity index (χ1n) is 6.46. The van der Waals surface area contributed by atoms with Gasteiger partial charge in [-0.1, -0.05) is 12.8 Å². The van der Waals surface area contributed by atoms with Crippen LogP contribution in [0, 0.1) is 6.92 Å². The molecule has 0 spiro atoms. The number of hydrogen-bond acceptors (Lipinski definition) is 3. The third kappa shape index (κ3) is 2.41. The second kappa shape index (κ2) is 5.10. The summed E-state index contributed by atoms with van der Waals surface area (Å²) >= 11 is 0. The van der Waals surface area contributed by atoms with Crippen molar-refractivity contribution in [2.75, 3.05) is 7.05 Å². The third-order valence-electron chi connectivity index (χ3n) is 3.76. The Morgan fingerprint density at radius 3 is 2.72 bits per heavy atom. The molecule has 1 N–H and O–H groups in total. The highest BCUT2D eigenvalue weighted by Gasteiger charge is 2.30. The Hall–Kier alpha value is -1.36. The molecule has 1 aliphatic rings. The number of nitrogens with zero attached hydrogens (tertiary/aromatic N) is 3. The van der Waals surface area contributed by atoms with E-state index in [1.807, 2.05) is 6.92 Å². The molecule has 1 aliphatic carbocycles. The van der Waals surface area contributed by atoms with E-state index in [2.05, 4.69) is 5.10 Å². The van der Waals surface area contributed by atoms with Gasteiger partial charge >= 0.3 is 0 Å². The maximum Gasteiger partial charge on any atom is 0.257 e. The van der Waals surface area contributed by atoms with E-state index in [-0.39, 0.29) is 11.9 Å². The van der Waals surface area contributed by atoms with E-state index in [4.69, 9.17) is 0 Å². The van der Waals surface area contributed by atoms with Crippen molar-refractivity contribution >= 4 is 5.91 Å². The summed E-state index contributed by atoms with van der Waals surface area (Å²) in [6.45, 7) is 1.83. The lowest BCUT2D eigenvalue weighted by Gasteiger charge is -2.35. The van der Waals surface area contributed by atoms with Crippen LogP contribution in [0.4, 0.5) is 0 Å². The van der Waals surface area contributed by atoms with Gasteiger partial charge in [-0.05, 0) is 19.8 Å². The molecule has 0 aliphatic heterocycles. The first-order valence-corrected chi connectivity index (χ1v) is 6.46. The Balaban J connectivity index is 2.15. The van der Waals surface area contributed by atoms with Crippen molar-refractivity contribution in [1.82, 2.24) is 14.7 Å². The lowest BCUT2D eigenvalue weighted by Crippen LogP contribution is -2.46. The molecule has 0 radical (unpaired) electrons. The largest absolute Gasteiger partial charge is 0.391 e. The number of rotatable bonds is 2. The first kappa shape index (κ1) is 13.1. The molecule has 2 atom stereocenters. The van der Waals surface area contributed by atoms with Gasteiger partial charge in [0.1, 0.15) is 0 Å². The Kier molecular flexibility index (Phi) is 3.71. The van der Waals surface area contributed by atoms with Crippen LogP contribution in [0.15, 0.2) is 6.20 Å². The van der Waals surface area contributed by atoms with Crippen LogP contribution in [0.3, 0.4) is 0 Å². The van der Waals surface area contributed by atoms with Crippen LogP contribution in [0.5, 0.6) is 0 Å². The van der Waals surface area contributed by atoms with Crippen molar-refractivity contribution in [3.05, 3.63) is 17.5 Å². The predicted molar refractivity (Wildman–Crippen MR) is 68.3 cm³/mol. The zero-order valence-electron chi connectivity index (χ0n) is 11.3. The topological polar surface area (TPSA) is 58.4 Å². The summed E-state index contributed by atoms with van der Waals surface area (Å²) in [6.07, 6.45) is 5.13. The van der Waals surface area contributed by atoms with Gasteiger partial charge in [0.25, 0.3) is 5.91 Å². The predicted octanol–water partition coefficient (Wildman–Crippen LogP) is 1.10. The van der Waals surface area contributed by atoms with Crippen molar-refractivity contribution in [2.24, 2.45) is 7.05 Å². The van der Waals surface area contributed by atoms with E-state index in [1.165, 1.54) is 0 Å². The van der Waals surface area contributed by atoms with Crippen molar-refractivity contribution < 1.29 is 9.90 Å². The molecule has 0 saturated heterocycles. The van der Waals surface area contributed by atoms with Gasteiger partial charge in [-0.3, -0.25) is 9.48 Å². The summed E-state index contributed by atoms with van der Waals surface area (Å²) in [4.78, 5) is 14.1. The minimum atomic E-state index is -0.398. The molecule has 100 valence electrons. The molecule has 1 aromatic heterocycles. The Bertz CT molecular complexity index is 441. The lowest BCUT2D eigenvalue weighted by atomic mass is 9.91. The van der Waals surface area contributed by atoms with Gasteiger partial charge in [-0.2, -0.15) is 5.10 Å². The number of aromatic nitrogens is 2. The molecule has 1 saturated carbocycles. The minimum Gasteiger partial charge on any atom is -0.391 e. The standard InChI is InChI=1S/C13H21N3O2/c1-9-10(8-15(2)14-9)13(18)16(3)11-6-4-5-7-12(11)17/h8,11-12,17H,4-7H2,1-3H3. The Morgan fingerprint density at radius 1 is 1.50 bits per heavy atom. The fourth-order valence-electron chi connectivity index (χ4n) is 2.69. The van der Waals surface area contributed by atoms with Crippen molar-refractivity contribution in [3.63, 3.8) is 0 Å². The van der Waals surface area contributed by atoms with Gasteiger partial charge in [-0.25, -0.2) is 0 Å². The molecule has 0 bridgehead atoms. The van der Waals surface area contributed by atoms with Crippen LogP contribution < -0.4 is 0 Å². The highest BCUT2D eigenvalue weighted by Crippen LogP contribution is 2.23. The number of aliphatic hydroxyl groups is 1. The summed E-state index contributed by atoms with van der Waals surface area (Å²) in [5.41, 5.74) is 1.36. The third-order valence-corrected chi connectivity index (χ3v) is 3.76. The highest BCUT2D eigenvalue weighted by molar-refractivity contribution is 5.95. The van der Waals surface area contributed by atoms with Crippen LogP contribution in [-0.4, -0.2) is 44.9 Å². The van der Waals surface area contributed by atoms with E-state index in [0.717, 1.165) is 31.4 Å². The number of aliphatic hydroxyl groups excluding tert-OH is 1. The molecule has 5 heteroatoms. The van der Waals surface area contributed by atoms with Crippen molar-refractivity contribution in [3.8, 4) is 0 Å². The summed E-state index contributed by atoms with van der Waals surface area (Å²) in [6, 6.07) is -0.0640. The lowest BCUT2D eigenvalue weighted by molar-refractivity contribution is 0.0267. The number of likely N-dealkylation sites (N-methyl/N-ethyl adjacent to an activating group) is 1. The second-order valence-electron chi connectivity index (χ2n) is 5.14. The molecule has 5 nitrogen and oxygen atoms in total. The number of carbonyl (C=O) groups is 1. The van der Waals surface area contributed by atoms with E-state index in [0.29, 0.717) is 5.56 Å². The van der Waals surface area contributed by atoms with Crippen LogP contribution in [-0.2, 0) is 7.05 Å². The van der Waals surface area contributed by atoms with Crippen molar-refractivity contribution in [1.29, 1.82) is 0 Å². The smallest absolute Gasteiger partial charge is 0.257 e. The molecule has 1 amide bonds. The molecule has 1 aromatic rings. The molecule has 2 unspecified atom stereocenters. The van der Waals surface area contributed by atoms with Crippen LogP contribution in [0.1, 0.15) is 41.7 Å². The van der Waals surface area contributed by atoms with Crippen molar-refractivity contribution in [2.45, 2.75) is 44.8 Å². The number of carbonyl (C=O) groups excluding carboxylic acids is 1. The first-order chi connectivity index (χ1) is 8.50. The van der Waals surface area contributed by atoms with Crippen LogP contribution in [0.25, 0.3) is 0 Å².